The standard InChI is InChI=1S/C17H18ClNO3S2/c1-2-24(21,22)16-6-4-3-5-15(16)17(20)19-11-12-23-14-9-7-13(18)8-10-14/h3-10H,2,11-12H2,1H3,(H,19,20). The monoisotopic (exact) mass is 383 g/mol. The summed E-state index contributed by atoms with van der Waals surface area (Å²) in [5.41, 5.74) is 0.191. The molecule has 0 radical (unpaired) electrons. The molecule has 0 unspecified atom stereocenters. The first-order chi connectivity index (χ1) is 11.4. The molecule has 7 heteroatoms. The molecular formula is C17H18ClNO3S2. The van der Waals surface area contributed by atoms with Gasteiger partial charge in [0.25, 0.3) is 5.91 Å². The molecule has 128 valence electrons. The molecule has 2 aromatic carbocycles. The average Bonchev–Trinajstić information content (AvgIpc) is 2.60. The molecule has 0 bridgehead atoms. The van der Waals surface area contributed by atoms with Crippen LogP contribution in [0.15, 0.2) is 58.3 Å². The summed E-state index contributed by atoms with van der Waals surface area (Å²) < 4.78 is 24.1. The smallest absolute Gasteiger partial charge is 0.252 e. The minimum atomic E-state index is -3.43. The molecule has 0 atom stereocenters. The van der Waals surface area contributed by atoms with Crippen LogP contribution >= 0.6 is 23.4 Å². The Balaban J connectivity index is 1.95. The second kappa shape index (κ2) is 8.55. The molecule has 1 N–H and O–H groups in total. The van der Waals surface area contributed by atoms with Crippen LogP contribution in [0.2, 0.25) is 5.02 Å². The minimum absolute atomic E-state index is 0.0380. The number of halogens is 1. The molecule has 1 amide bonds. The van der Waals surface area contributed by atoms with Gasteiger partial charge in [-0.05, 0) is 36.4 Å². The predicted molar refractivity (Wildman–Crippen MR) is 98.7 cm³/mol. The van der Waals surface area contributed by atoms with E-state index in [0.29, 0.717) is 17.3 Å². The Labute approximate surface area is 151 Å². The van der Waals surface area contributed by atoms with Crippen molar-refractivity contribution in [2.45, 2.75) is 16.7 Å². The maximum atomic E-state index is 12.3. The minimum Gasteiger partial charge on any atom is -0.351 e. The molecule has 24 heavy (non-hydrogen) atoms. The largest absolute Gasteiger partial charge is 0.351 e. The van der Waals surface area contributed by atoms with Gasteiger partial charge in [-0.15, -0.1) is 11.8 Å². The molecule has 0 heterocycles. The van der Waals surface area contributed by atoms with Crippen LogP contribution in [0.25, 0.3) is 0 Å². The third-order valence-electron chi connectivity index (χ3n) is 3.32. The maximum Gasteiger partial charge on any atom is 0.252 e. The van der Waals surface area contributed by atoms with Crippen molar-refractivity contribution in [1.82, 2.24) is 5.32 Å². The van der Waals surface area contributed by atoms with Gasteiger partial charge in [0.2, 0.25) is 0 Å². The molecular weight excluding hydrogens is 366 g/mol. The lowest BCUT2D eigenvalue weighted by Gasteiger charge is -2.10. The summed E-state index contributed by atoms with van der Waals surface area (Å²) in [6.07, 6.45) is 0. The van der Waals surface area contributed by atoms with Crippen molar-refractivity contribution in [2.24, 2.45) is 0 Å². The van der Waals surface area contributed by atoms with E-state index in [1.807, 2.05) is 24.3 Å². The fourth-order valence-electron chi connectivity index (χ4n) is 2.04. The molecule has 4 nitrogen and oxygen atoms in total. The predicted octanol–water partition coefficient (Wildman–Crippen LogP) is 3.66. The van der Waals surface area contributed by atoms with Crippen LogP contribution in [0.5, 0.6) is 0 Å². The second-order valence-corrected chi connectivity index (χ2v) is 8.81. The van der Waals surface area contributed by atoms with E-state index in [1.54, 1.807) is 30.8 Å². The summed E-state index contributed by atoms with van der Waals surface area (Å²) in [6.45, 7) is 2.00. The van der Waals surface area contributed by atoms with Gasteiger partial charge in [0, 0.05) is 22.2 Å². The second-order valence-electron chi connectivity index (χ2n) is 4.96. The Morgan fingerprint density at radius 1 is 1.12 bits per heavy atom. The highest BCUT2D eigenvalue weighted by Gasteiger charge is 2.20. The van der Waals surface area contributed by atoms with Crippen molar-refractivity contribution in [3.8, 4) is 0 Å². The summed E-state index contributed by atoms with van der Waals surface area (Å²) in [5.74, 6) is 0.263. The van der Waals surface area contributed by atoms with Gasteiger partial charge < -0.3 is 5.32 Å². The topological polar surface area (TPSA) is 63.2 Å². The van der Waals surface area contributed by atoms with Crippen molar-refractivity contribution in [1.29, 1.82) is 0 Å². The fourth-order valence-corrected chi connectivity index (χ4v) is 4.03. The van der Waals surface area contributed by atoms with E-state index in [-0.39, 0.29) is 22.1 Å². The zero-order chi connectivity index (χ0) is 17.6. The Hall–Kier alpha value is -1.50. The van der Waals surface area contributed by atoms with E-state index < -0.39 is 9.84 Å². The summed E-state index contributed by atoms with van der Waals surface area (Å²) in [5, 5.41) is 3.45. The van der Waals surface area contributed by atoms with Gasteiger partial charge in [0.05, 0.1) is 16.2 Å². The lowest BCUT2D eigenvalue weighted by molar-refractivity contribution is 0.0953. The van der Waals surface area contributed by atoms with E-state index >= 15 is 0 Å². The number of sulfone groups is 1. The molecule has 0 aliphatic rings. The fraction of sp³-hybridized carbons (Fsp3) is 0.235. The van der Waals surface area contributed by atoms with Crippen LogP contribution in [-0.4, -0.2) is 32.4 Å². The van der Waals surface area contributed by atoms with Gasteiger partial charge in [0.15, 0.2) is 9.84 Å². The molecule has 0 aliphatic heterocycles. The highest BCUT2D eigenvalue weighted by atomic mass is 35.5. The van der Waals surface area contributed by atoms with E-state index in [4.69, 9.17) is 11.6 Å². The van der Waals surface area contributed by atoms with E-state index in [2.05, 4.69) is 5.32 Å². The third kappa shape index (κ3) is 5.00. The normalized spacial score (nSPS) is 11.2. The SMILES string of the molecule is CCS(=O)(=O)c1ccccc1C(=O)NCCSc1ccc(Cl)cc1. The van der Waals surface area contributed by atoms with Gasteiger partial charge in [-0.1, -0.05) is 30.7 Å². The maximum absolute atomic E-state index is 12.3. The zero-order valence-electron chi connectivity index (χ0n) is 13.2. The molecule has 0 saturated carbocycles. The van der Waals surface area contributed by atoms with Crippen molar-refractivity contribution in [2.75, 3.05) is 18.1 Å². The Kier molecular flexibility index (Phi) is 6.71. The molecule has 2 aromatic rings. The van der Waals surface area contributed by atoms with Gasteiger partial charge >= 0.3 is 0 Å². The van der Waals surface area contributed by atoms with Crippen molar-refractivity contribution in [3.63, 3.8) is 0 Å². The average molecular weight is 384 g/mol. The lowest BCUT2D eigenvalue weighted by Crippen LogP contribution is -2.27. The molecule has 0 fully saturated rings. The van der Waals surface area contributed by atoms with Gasteiger partial charge in [-0.3, -0.25) is 4.79 Å². The molecule has 0 aliphatic carbocycles. The number of nitrogens with one attached hydrogen (secondary N) is 1. The van der Waals surface area contributed by atoms with E-state index in [9.17, 15) is 13.2 Å². The highest BCUT2D eigenvalue weighted by molar-refractivity contribution is 7.99. The van der Waals surface area contributed by atoms with E-state index in [0.717, 1.165) is 4.90 Å². The Morgan fingerprint density at radius 3 is 2.46 bits per heavy atom. The number of benzene rings is 2. The molecule has 0 saturated heterocycles. The Morgan fingerprint density at radius 2 is 1.79 bits per heavy atom. The van der Waals surface area contributed by atoms with Crippen LogP contribution in [0, 0.1) is 0 Å². The summed E-state index contributed by atoms with van der Waals surface area (Å²) >= 11 is 7.42. The van der Waals surface area contributed by atoms with Gasteiger partial charge in [-0.2, -0.15) is 0 Å². The van der Waals surface area contributed by atoms with E-state index in [1.165, 1.54) is 12.1 Å². The van der Waals surface area contributed by atoms with Crippen molar-refractivity contribution >= 4 is 39.1 Å². The van der Waals surface area contributed by atoms with Crippen LogP contribution in [0.3, 0.4) is 0 Å². The van der Waals surface area contributed by atoms with Gasteiger partial charge in [-0.25, -0.2) is 8.42 Å². The molecule has 2 rings (SSSR count). The van der Waals surface area contributed by atoms with Crippen LogP contribution in [0.4, 0.5) is 0 Å². The Bertz CT molecular complexity index is 805. The molecule has 0 aromatic heterocycles. The highest BCUT2D eigenvalue weighted by Crippen LogP contribution is 2.20. The molecule has 0 spiro atoms. The first-order valence-corrected chi connectivity index (χ1v) is 10.4. The number of carbonyl (C=O) groups excluding carboxylic acids is 1. The number of hydrogen-bond acceptors (Lipinski definition) is 4. The van der Waals surface area contributed by atoms with Crippen LogP contribution < -0.4 is 5.32 Å². The van der Waals surface area contributed by atoms with Crippen molar-refractivity contribution in [3.05, 3.63) is 59.1 Å². The number of carbonyl (C=O) groups is 1. The quantitative estimate of drug-likeness (QED) is 0.585. The van der Waals surface area contributed by atoms with Crippen molar-refractivity contribution < 1.29 is 13.2 Å². The van der Waals surface area contributed by atoms with Crippen LogP contribution in [-0.2, 0) is 9.84 Å². The number of rotatable bonds is 7. The summed E-state index contributed by atoms with van der Waals surface area (Å²) in [4.78, 5) is 13.4. The van der Waals surface area contributed by atoms with Gasteiger partial charge in [0.1, 0.15) is 0 Å². The van der Waals surface area contributed by atoms with Crippen LogP contribution in [0.1, 0.15) is 17.3 Å². The summed E-state index contributed by atoms with van der Waals surface area (Å²) in [7, 11) is -3.43. The number of hydrogen-bond donors (Lipinski definition) is 1. The first kappa shape index (κ1) is 18.8. The zero-order valence-corrected chi connectivity index (χ0v) is 15.5. The lowest BCUT2D eigenvalue weighted by atomic mass is 10.2. The first-order valence-electron chi connectivity index (χ1n) is 7.42. The number of amides is 1. The summed E-state index contributed by atoms with van der Waals surface area (Å²) in [6, 6.07) is 13.7. The third-order valence-corrected chi connectivity index (χ3v) is 6.37. The number of thioether (sulfide) groups is 1.